The van der Waals surface area contributed by atoms with Crippen molar-refractivity contribution in [2.24, 2.45) is 0 Å². The van der Waals surface area contributed by atoms with Gasteiger partial charge < -0.3 is 29.7 Å². The summed E-state index contributed by atoms with van der Waals surface area (Å²) in [4.78, 5) is 17.1. The van der Waals surface area contributed by atoms with Crippen molar-refractivity contribution in [1.29, 1.82) is 0 Å². The predicted octanol–water partition coefficient (Wildman–Crippen LogP) is 2.53. The van der Waals surface area contributed by atoms with Gasteiger partial charge in [-0.2, -0.15) is 4.52 Å². The van der Waals surface area contributed by atoms with Crippen LogP contribution in [0.3, 0.4) is 0 Å². The molecule has 10 heteroatoms. The molecule has 0 fully saturated rings. The highest BCUT2D eigenvalue weighted by molar-refractivity contribution is 5.96. The van der Waals surface area contributed by atoms with E-state index in [0.29, 0.717) is 40.0 Å². The molecule has 4 rings (SSSR count). The number of fused-ring (bicyclic) bond motifs is 1. The molecule has 4 aromatic rings. The van der Waals surface area contributed by atoms with E-state index in [1.54, 1.807) is 30.3 Å². The number of furan rings is 1. The molecule has 160 valence electrons. The number of benzene rings is 1. The third-order valence-corrected chi connectivity index (χ3v) is 4.65. The van der Waals surface area contributed by atoms with Crippen LogP contribution in [0, 0.1) is 0 Å². The van der Waals surface area contributed by atoms with Gasteiger partial charge in [-0.05, 0) is 42.0 Å². The first-order valence-corrected chi connectivity index (χ1v) is 9.31. The lowest BCUT2D eigenvalue weighted by atomic mass is 10.1. The van der Waals surface area contributed by atoms with Crippen molar-refractivity contribution in [2.45, 2.75) is 6.54 Å². The number of carbonyl (C=O) groups is 1. The van der Waals surface area contributed by atoms with E-state index in [2.05, 4.69) is 15.4 Å². The van der Waals surface area contributed by atoms with Gasteiger partial charge in [0.2, 0.25) is 11.6 Å². The van der Waals surface area contributed by atoms with Crippen molar-refractivity contribution < 1.29 is 23.4 Å². The van der Waals surface area contributed by atoms with Crippen LogP contribution >= 0.6 is 0 Å². The number of nitrogens with two attached hydrogens (primary N) is 1. The maximum Gasteiger partial charge on any atom is 0.251 e. The van der Waals surface area contributed by atoms with E-state index in [1.807, 2.05) is 0 Å². The third kappa shape index (κ3) is 3.82. The van der Waals surface area contributed by atoms with Gasteiger partial charge in [-0.3, -0.25) is 4.79 Å². The SMILES string of the molecule is COc1cc(CNC(=O)c2cc(N)n3nc(-c4ccco4)nc3c2)cc(OC)c1OC. The van der Waals surface area contributed by atoms with Crippen LogP contribution in [0.15, 0.2) is 47.1 Å². The van der Waals surface area contributed by atoms with Gasteiger partial charge in [0, 0.05) is 12.1 Å². The van der Waals surface area contributed by atoms with Gasteiger partial charge in [0.05, 0.1) is 27.6 Å². The first-order chi connectivity index (χ1) is 15.0. The molecule has 0 radical (unpaired) electrons. The lowest BCUT2D eigenvalue weighted by Gasteiger charge is -2.14. The zero-order chi connectivity index (χ0) is 22.0. The Kier molecular flexibility index (Phi) is 5.35. The minimum atomic E-state index is -0.314. The third-order valence-electron chi connectivity index (χ3n) is 4.65. The van der Waals surface area contributed by atoms with E-state index in [4.69, 9.17) is 24.4 Å². The first kappa shape index (κ1) is 20.1. The number of hydrogen-bond acceptors (Lipinski definition) is 8. The normalized spacial score (nSPS) is 10.8. The van der Waals surface area contributed by atoms with Gasteiger partial charge in [-0.15, -0.1) is 5.10 Å². The molecule has 3 heterocycles. The largest absolute Gasteiger partial charge is 0.493 e. The number of amides is 1. The number of pyridine rings is 1. The maximum atomic E-state index is 12.8. The van der Waals surface area contributed by atoms with E-state index in [9.17, 15) is 4.79 Å². The Morgan fingerprint density at radius 2 is 1.87 bits per heavy atom. The van der Waals surface area contributed by atoms with Gasteiger partial charge in [0.25, 0.3) is 5.91 Å². The minimum Gasteiger partial charge on any atom is -0.493 e. The number of anilines is 1. The van der Waals surface area contributed by atoms with E-state index < -0.39 is 0 Å². The summed E-state index contributed by atoms with van der Waals surface area (Å²) in [6, 6.07) is 10.2. The Bertz CT molecular complexity index is 1210. The summed E-state index contributed by atoms with van der Waals surface area (Å²) in [7, 11) is 4.60. The number of nitrogens with zero attached hydrogens (tertiary/aromatic N) is 3. The molecule has 0 saturated heterocycles. The van der Waals surface area contributed by atoms with Crippen LogP contribution < -0.4 is 25.3 Å². The molecular weight excluding hydrogens is 402 g/mol. The fourth-order valence-electron chi connectivity index (χ4n) is 3.17. The van der Waals surface area contributed by atoms with Crippen LogP contribution in [-0.2, 0) is 6.54 Å². The highest BCUT2D eigenvalue weighted by atomic mass is 16.5. The van der Waals surface area contributed by atoms with Crippen molar-refractivity contribution in [3.8, 4) is 28.8 Å². The van der Waals surface area contributed by atoms with Gasteiger partial charge in [0.15, 0.2) is 22.9 Å². The Hall–Kier alpha value is -4.21. The van der Waals surface area contributed by atoms with Gasteiger partial charge in [-0.1, -0.05) is 0 Å². The molecule has 0 unspecified atom stereocenters. The number of methoxy groups -OCH3 is 3. The second kappa shape index (κ2) is 8.27. The number of ether oxygens (including phenoxy) is 3. The van der Waals surface area contributed by atoms with Gasteiger partial charge in [0.1, 0.15) is 5.82 Å². The van der Waals surface area contributed by atoms with Crippen molar-refractivity contribution in [1.82, 2.24) is 19.9 Å². The van der Waals surface area contributed by atoms with E-state index in [1.165, 1.54) is 38.2 Å². The monoisotopic (exact) mass is 423 g/mol. The highest BCUT2D eigenvalue weighted by Gasteiger charge is 2.16. The fraction of sp³-hybridized carbons (Fsp3) is 0.190. The molecule has 0 spiro atoms. The molecule has 0 aliphatic rings. The summed E-state index contributed by atoms with van der Waals surface area (Å²) in [5.41, 5.74) is 7.65. The molecule has 3 N–H and O–H groups in total. The second-order valence-electron chi connectivity index (χ2n) is 6.57. The Morgan fingerprint density at radius 1 is 1.13 bits per heavy atom. The topological polar surface area (TPSA) is 126 Å². The van der Waals surface area contributed by atoms with Crippen LogP contribution in [-0.4, -0.2) is 41.8 Å². The number of nitrogen functional groups attached to an aromatic ring is 1. The van der Waals surface area contributed by atoms with Crippen LogP contribution in [0.4, 0.5) is 5.82 Å². The second-order valence-corrected chi connectivity index (χ2v) is 6.57. The molecule has 3 aromatic heterocycles. The van der Waals surface area contributed by atoms with Crippen molar-refractivity contribution in [3.63, 3.8) is 0 Å². The number of aromatic nitrogens is 3. The lowest BCUT2D eigenvalue weighted by Crippen LogP contribution is -2.23. The Balaban J connectivity index is 1.56. The Labute approximate surface area is 177 Å². The minimum absolute atomic E-state index is 0.241. The summed E-state index contributed by atoms with van der Waals surface area (Å²) >= 11 is 0. The molecule has 31 heavy (non-hydrogen) atoms. The molecule has 0 saturated carbocycles. The van der Waals surface area contributed by atoms with Crippen molar-refractivity contribution in [3.05, 3.63) is 53.8 Å². The summed E-state index contributed by atoms with van der Waals surface area (Å²) < 4.78 is 22.8. The summed E-state index contributed by atoms with van der Waals surface area (Å²) in [5.74, 6) is 2.35. The van der Waals surface area contributed by atoms with Crippen LogP contribution in [0.1, 0.15) is 15.9 Å². The summed E-state index contributed by atoms with van der Waals surface area (Å²) in [5, 5.41) is 7.18. The predicted molar refractivity (Wildman–Crippen MR) is 112 cm³/mol. The van der Waals surface area contributed by atoms with Crippen LogP contribution in [0.25, 0.3) is 17.2 Å². The van der Waals surface area contributed by atoms with Gasteiger partial charge >= 0.3 is 0 Å². The number of hydrogen-bond donors (Lipinski definition) is 2. The number of carbonyl (C=O) groups excluding carboxylic acids is 1. The first-order valence-electron chi connectivity index (χ1n) is 9.31. The van der Waals surface area contributed by atoms with Crippen molar-refractivity contribution in [2.75, 3.05) is 27.1 Å². The molecular formula is C21H21N5O5. The van der Waals surface area contributed by atoms with Gasteiger partial charge in [-0.25, -0.2) is 4.98 Å². The standard InChI is InChI=1S/C21H21N5O5/c1-28-15-7-12(8-16(29-2)19(15)30-3)11-23-21(27)13-9-17(22)26-18(10-13)24-20(25-26)14-5-4-6-31-14/h4-10H,11,22H2,1-3H3,(H,23,27). The number of rotatable bonds is 7. The molecule has 1 aromatic carbocycles. The maximum absolute atomic E-state index is 12.8. The molecule has 0 aliphatic carbocycles. The van der Waals surface area contributed by atoms with E-state index in [0.717, 1.165) is 5.56 Å². The lowest BCUT2D eigenvalue weighted by molar-refractivity contribution is 0.0951. The van der Waals surface area contributed by atoms with E-state index >= 15 is 0 Å². The molecule has 0 atom stereocenters. The van der Waals surface area contributed by atoms with Crippen LogP contribution in [0.2, 0.25) is 0 Å². The van der Waals surface area contributed by atoms with Crippen LogP contribution in [0.5, 0.6) is 17.2 Å². The molecule has 0 bridgehead atoms. The number of nitrogens with one attached hydrogen (secondary N) is 1. The molecule has 10 nitrogen and oxygen atoms in total. The zero-order valence-electron chi connectivity index (χ0n) is 17.2. The quantitative estimate of drug-likeness (QED) is 0.464. The fourth-order valence-corrected chi connectivity index (χ4v) is 3.17. The average molecular weight is 423 g/mol. The summed E-state index contributed by atoms with van der Waals surface area (Å²) in [6.07, 6.45) is 1.53. The molecule has 0 aliphatic heterocycles. The smallest absolute Gasteiger partial charge is 0.251 e. The highest BCUT2D eigenvalue weighted by Crippen LogP contribution is 2.38. The zero-order valence-corrected chi connectivity index (χ0v) is 17.2. The van der Waals surface area contributed by atoms with E-state index in [-0.39, 0.29) is 18.3 Å². The summed E-state index contributed by atoms with van der Waals surface area (Å²) in [6.45, 7) is 0.241. The molecule has 1 amide bonds. The average Bonchev–Trinajstić information content (AvgIpc) is 3.46. The van der Waals surface area contributed by atoms with Crippen molar-refractivity contribution >= 4 is 17.4 Å². The Morgan fingerprint density at radius 3 is 2.48 bits per heavy atom.